The number of ether oxygens (including phenoxy) is 1. The van der Waals surface area contributed by atoms with Crippen molar-refractivity contribution in [1.29, 1.82) is 0 Å². The number of fused-ring (bicyclic) bond motifs is 1. The van der Waals surface area contributed by atoms with Crippen LogP contribution >= 0.6 is 15.9 Å². The predicted octanol–water partition coefficient (Wildman–Crippen LogP) is 1.63. The van der Waals surface area contributed by atoms with Crippen molar-refractivity contribution in [2.75, 3.05) is 7.11 Å². The Hall–Kier alpha value is -1.23. The topological polar surface area (TPSA) is 57.9 Å². The highest BCUT2D eigenvalue weighted by Crippen LogP contribution is 2.26. The van der Waals surface area contributed by atoms with Crippen LogP contribution < -0.4 is 10.4 Å². The molecule has 1 heterocycles. The molecule has 0 amide bonds. The van der Waals surface area contributed by atoms with Gasteiger partial charge in [-0.15, -0.1) is 0 Å². The molecule has 1 aromatic carbocycles. The molecule has 68 valence electrons. The van der Waals surface area contributed by atoms with Crippen molar-refractivity contribution >= 4 is 27.0 Å². The van der Waals surface area contributed by atoms with Gasteiger partial charge in [-0.3, -0.25) is 0 Å². The molecule has 2 N–H and O–H groups in total. The van der Waals surface area contributed by atoms with Gasteiger partial charge in [0.15, 0.2) is 0 Å². The van der Waals surface area contributed by atoms with Crippen LogP contribution in [-0.4, -0.2) is 17.1 Å². The van der Waals surface area contributed by atoms with E-state index in [2.05, 4.69) is 25.9 Å². The van der Waals surface area contributed by atoms with Crippen LogP contribution in [0, 0.1) is 0 Å². The maximum atomic E-state index is 11.0. The van der Waals surface area contributed by atoms with Crippen LogP contribution in [0.2, 0.25) is 0 Å². The fourth-order valence-electron chi connectivity index (χ4n) is 1.24. The van der Waals surface area contributed by atoms with E-state index >= 15 is 0 Å². The molecular formula is C8H7BrN2O2. The van der Waals surface area contributed by atoms with E-state index in [0.717, 1.165) is 9.99 Å². The third-order valence-corrected chi connectivity index (χ3v) is 2.23. The molecule has 0 aliphatic rings. The zero-order valence-corrected chi connectivity index (χ0v) is 8.44. The third-order valence-electron chi connectivity index (χ3n) is 1.77. The summed E-state index contributed by atoms with van der Waals surface area (Å²) in [5.41, 5.74) is 1.19. The molecule has 0 spiro atoms. The first-order chi connectivity index (χ1) is 6.20. The molecule has 0 saturated carbocycles. The summed E-state index contributed by atoms with van der Waals surface area (Å²) >= 11 is 3.32. The van der Waals surface area contributed by atoms with E-state index in [9.17, 15) is 4.79 Å². The van der Waals surface area contributed by atoms with Crippen LogP contribution in [0.4, 0.5) is 0 Å². The monoisotopic (exact) mass is 242 g/mol. The van der Waals surface area contributed by atoms with Crippen LogP contribution in [0.3, 0.4) is 0 Å². The maximum absolute atomic E-state index is 11.0. The molecule has 13 heavy (non-hydrogen) atoms. The number of aromatic nitrogens is 2. The summed E-state index contributed by atoms with van der Waals surface area (Å²) in [4.78, 5) is 16.3. The number of imidazole rings is 1. The number of benzene rings is 1. The molecule has 1 aromatic heterocycles. The summed E-state index contributed by atoms with van der Waals surface area (Å²) in [5, 5.41) is 0. The molecule has 0 bridgehead atoms. The first kappa shape index (κ1) is 8.37. The van der Waals surface area contributed by atoms with Gasteiger partial charge in [0.2, 0.25) is 0 Å². The summed E-state index contributed by atoms with van der Waals surface area (Å²) in [5.74, 6) is 0.641. The van der Waals surface area contributed by atoms with E-state index in [0.29, 0.717) is 11.3 Å². The number of hydrogen-bond acceptors (Lipinski definition) is 2. The van der Waals surface area contributed by atoms with Gasteiger partial charge in [-0.2, -0.15) is 0 Å². The smallest absolute Gasteiger partial charge is 0.323 e. The van der Waals surface area contributed by atoms with Crippen molar-refractivity contribution in [2.45, 2.75) is 0 Å². The molecule has 0 fully saturated rings. The van der Waals surface area contributed by atoms with Gasteiger partial charge in [-0.1, -0.05) is 15.9 Å². The standard InChI is InChI=1S/C8H7BrN2O2/c1-13-6-3-4(9)2-5-7(6)11-8(12)10-5/h2-3H,1H3,(H2,10,11,12). The zero-order chi connectivity index (χ0) is 9.42. The molecule has 2 aromatic rings. The van der Waals surface area contributed by atoms with Crippen LogP contribution in [0.5, 0.6) is 5.75 Å². The van der Waals surface area contributed by atoms with Crippen molar-refractivity contribution in [3.63, 3.8) is 0 Å². The number of H-pyrrole nitrogens is 2. The van der Waals surface area contributed by atoms with Crippen molar-refractivity contribution in [3.8, 4) is 5.75 Å². The average Bonchev–Trinajstić information content (AvgIpc) is 2.43. The second-order valence-electron chi connectivity index (χ2n) is 2.61. The minimum absolute atomic E-state index is 0.230. The van der Waals surface area contributed by atoms with Crippen molar-refractivity contribution < 1.29 is 4.74 Å². The lowest BCUT2D eigenvalue weighted by atomic mass is 10.3. The second kappa shape index (κ2) is 2.92. The fraction of sp³-hybridized carbons (Fsp3) is 0.125. The normalized spacial score (nSPS) is 10.6. The van der Waals surface area contributed by atoms with E-state index < -0.39 is 0 Å². The Morgan fingerprint density at radius 2 is 2.15 bits per heavy atom. The summed E-state index contributed by atoms with van der Waals surface area (Å²) in [7, 11) is 1.56. The number of rotatable bonds is 1. The summed E-state index contributed by atoms with van der Waals surface area (Å²) in [6.45, 7) is 0. The lowest BCUT2D eigenvalue weighted by Crippen LogP contribution is -1.99. The number of halogens is 1. The largest absolute Gasteiger partial charge is 0.494 e. The van der Waals surface area contributed by atoms with Gasteiger partial charge in [0.1, 0.15) is 11.3 Å². The van der Waals surface area contributed by atoms with Gasteiger partial charge in [0.25, 0.3) is 0 Å². The van der Waals surface area contributed by atoms with Gasteiger partial charge < -0.3 is 14.7 Å². The quantitative estimate of drug-likeness (QED) is 0.799. The number of methoxy groups -OCH3 is 1. The highest BCUT2D eigenvalue weighted by molar-refractivity contribution is 9.10. The van der Waals surface area contributed by atoms with Gasteiger partial charge in [-0.05, 0) is 12.1 Å². The Labute approximate surface area is 82.0 Å². The molecule has 0 unspecified atom stereocenters. The molecule has 2 rings (SSSR count). The van der Waals surface area contributed by atoms with Gasteiger partial charge in [0.05, 0.1) is 12.6 Å². The Balaban J connectivity index is 2.88. The van der Waals surface area contributed by atoms with E-state index in [1.165, 1.54) is 0 Å². The van der Waals surface area contributed by atoms with Crippen molar-refractivity contribution in [2.24, 2.45) is 0 Å². The SMILES string of the molecule is COc1cc(Br)cc2[nH]c(=O)[nH]c12. The fourth-order valence-corrected chi connectivity index (χ4v) is 1.67. The summed E-state index contributed by atoms with van der Waals surface area (Å²) in [6.07, 6.45) is 0. The zero-order valence-electron chi connectivity index (χ0n) is 6.85. The first-order valence-electron chi connectivity index (χ1n) is 3.66. The molecule has 0 aliphatic carbocycles. The summed E-state index contributed by atoms with van der Waals surface area (Å²) in [6, 6.07) is 3.61. The van der Waals surface area contributed by atoms with Crippen LogP contribution in [0.25, 0.3) is 11.0 Å². The lowest BCUT2D eigenvalue weighted by molar-refractivity contribution is 0.418. The molecular weight excluding hydrogens is 236 g/mol. The highest BCUT2D eigenvalue weighted by Gasteiger charge is 2.05. The second-order valence-corrected chi connectivity index (χ2v) is 3.53. The van der Waals surface area contributed by atoms with E-state index in [-0.39, 0.29) is 5.69 Å². The minimum Gasteiger partial charge on any atom is -0.494 e. The van der Waals surface area contributed by atoms with E-state index in [1.807, 2.05) is 6.07 Å². The average molecular weight is 243 g/mol. The van der Waals surface area contributed by atoms with Crippen LogP contribution in [0.15, 0.2) is 21.4 Å². The maximum Gasteiger partial charge on any atom is 0.323 e. The molecule has 0 aliphatic heterocycles. The third kappa shape index (κ3) is 1.35. The van der Waals surface area contributed by atoms with Crippen molar-refractivity contribution in [3.05, 3.63) is 27.1 Å². The Morgan fingerprint density at radius 1 is 1.38 bits per heavy atom. The molecule has 4 nitrogen and oxygen atoms in total. The first-order valence-corrected chi connectivity index (χ1v) is 4.45. The Kier molecular flexibility index (Phi) is 1.88. The summed E-state index contributed by atoms with van der Waals surface area (Å²) < 4.78 is 5.97. The number of hydrogen-bond donors (Lipinski definition) is 2. The van der Waals surface area contributed by atoms with Gasteiger partial charge >= 0.3 is 5.69 Å². The van der Waals surface area contributed by atoms with Crippen LogP contribution in [-0.2, 0) is 0 Å². The number of aromatic amines is 2. The molecule has 5 heteroatoms. The van der Waals surface area contributed by atoms with Crippen LogP contribution in [0.1, 0.15) is 0 Å². The molecule has 0 radical (unpaired) electrons. The van der Waals surface area contributed by atoms with E-state index in [1.54, 1.807) is 13.2 Å². The van der Waals surface area contributed by atoms with Crippen molar-refractivity contribution in [1.82, 2.24) is 9.97 Å². The van der Waals surface area contributed by atoms with Gasteiger partial charge in [-0.25, -0.2) is 4.79 Å². The Morgan fingerprint density at radius 3 is 2.85 bits per heavy atom. The highest BCUT2D eigenvalue weighted by atomic mass is 79.9. The lowest BCUT2D eigenvalue weighted by Gasteiger charge is -2.00. The predicted molar refractivity (Wildman–Crippen MR) is 53.2 cm³/mol. The number of nitrogens with one attached hydrogen (secondary N) is 2. The van der Waals surface area contributed by atoms with E-state index in [4.69, 9.17) is 4.74 Å². The minimum atomic E-state index is -0.230. The van der Waals surface area contributed by atoms with Gasteiger partial charge in [0, 0.05) is 4.47 Å². The molecule has 0 saturated heterocycles. The molecule has 0 atom stereocenters. The Bertz CT molecular complexity index is 500.